The van der Waals surface area contributed by atoms with Crippen LogP contribution in [0.4, 0.5) is 0 Å². The first-order valence-corrected chi connectivity index (χ1v) is 7.67. The lowest BCUT2D eigenvalue weighted by Crippen LogP contribution is -2.23. The topological polar surface area (TPSA) is 92.4 Å². The molecule has 0 amide bonds. The molecule has 0 aliphatic heterocycles. The van der Waals surface area contributed by atoms with E-state index in [1.54, 1.807) is 12.1 Å². The second-order valence-corrected chi connectivity index (χ2v) is 6.01. The molecular formula is C13H16N2O4S. The zero-order valence-corrected chi connectivity index (χ0v) is 11.9. The van der Waals surface area contributed by atoms with Gasteiger partial charge in [-0.2, -0.15) is 0 Å². The van der Waals surface area contributed by atoms with Gasteiger partial charge in [0.25, 0.3) is 0 Å². The van der Waals surface area contributed by atoms with Crippen molar-refractivity contribution in [3.05, 3.63) is 47.3 Å². The van der Waals surface area contributed by atoms with Gasteiger partial charge >= 0.3 is 0 Å². The first kappa shape index (κ1) is 14.7. The number of nitrogens with zero attached hydrogens (tertiary/aromatic N) is 1. The van der Waals surface area contributed by atoms with Gasteiger partial charge in [-0.15, -0.1) is 0 Å². The van der Waals surface area contributed by atoms with Gasteiger partial charge in [0.1, 0.15) is 0 Å². The van der Waals surface area contributed by atoms with Crippen molar-refractivity contribution < 1.29 is 18.0 Å². The van der Waals surface area contributed by atoms with Gasteiger partial charge in [0.05, 0.1) is 24.2 Å². The molecule has 108 valence electrons. The second-order valence-electron chi connectivity index (χ2n) is 4.25. The van der Waals surface area contributed by atoms with E-state index in [0.29, 0.717) is 11.3 Å². The minimum absolute atomic E-state index is 0.0340. The summed E-state index contributed by atoms with van der Waals surface area (Å²) in [4.78, 5) is 0.123. The maximum atomic E-state index is 12.1. The van der Waals surface area contributed by atoms with Gasteiger partial charge < -0.3 is 9.63 Å². The zero-order chi connectivity index (χ0) is 14.6. The lowest BCUT2D eigenvalue weighted by Gasteiger charge is -2.09. The highest BCUT2D eigenvalue weighted by atomic mass is 32.2. The highest BCUT2D eigenvalue weighted by Gasteiger charge is 2.16. The fraction of sp³-hybridized carbons (Fsp3) is 0.308. The molecule has 2 aromatic rings. The lowest BCUT2D eigenvalue weighted by atomic mass is 10.1. The van der Waals surface area contributed by atoms with Crippen molar-refractivity contribution >= 4 is 10.0 Å². The number of rotatable bonds is 6. The Morgan fingerprint density at radius 1 is 1.30 bits per heavy atom. The van der Waals surface area contributed by atoms with Crippen LogP contribution in [0.1, 0.15) is 23.8 Å². The van der Waals surface area contributed by atoms with Crippen molar-refractivity contribution in [2.24, 2.45) is 0 Å². The van der Waals surface area contributed by atoms with Crippen molar-refractivity contribution in [2.45, 2.75) is 31.4 Å². The van der Waals surface area contributed by atoms with Crippen molar-refractivity contribution in [3.63, 3.8) is 0 Å². The summed E-state index contributed by atoms with van der Waals surface area (Å²) in [6.45, 7) is 1.80. The van der Waals surface area contributed by atoms with E-state index in [1.165, 1.54) is 18.3 Å². The van der Waals surface area contributed by atoms with E-state index in [0.717, 1.165) is 12.0 Å². The number of benzene rings is 1. The van der Waals surface area contributed by atoms with E-state index in [4.69, 9.17) is 4.52 Å². The highest BCUT2D eigenvalue weighted by molar-refractivity contribution is 7.89. The lowest BCUT2D eigenvalue weighted by molar-refractivity contribution is 0.280. The van der Waals surface area contributed by atoms with Crippen molar-refractivity contribution in [3.8, 4) is 0 Å². The minimum Gasteiger partial charge on any atom is -0.392 e. The van der Waals surface area contributed by atoms with Gasteiger partial charge in [-0.3, -0.25) is 0 Å². The van der Waals surface area contributed by atoms with Gasteiger partial charge in [-0.05, 0) is 29.7 Å². The van der Waals surface area contributed by atoms with Crippen molar-refractivity contribution in [1.29, 1.82) is 0 Å². The minimum atomic E-state index is -3.64. The van der Waals surface area contributed by atoms with Crippen LogP contribution in [-0.4, -0.2) is 18.7 Å². The molecule has 0 saturated heterocycles. The second kappa shape index (κ2) is 6.17. The van der Waals surface area contributed by atoms with E-state index in [1.807, 2.05) is 6.92 Å². The smallest absolute Gasteiger partial charge is 0.240 e. The molecular weight excluding hydrogens is 280 g/mol. The summed E-state index contributed by atoms with van der Waals surface area (Å²) < 4.78 is 31.5. The van der Waals surface area contributed by atoms with E-state index in [2.05, 4.69) is 9.88 Å². The molecule has 7 heteroatoms. The van der Waals surface area contributed by atoms with Crippen LogP contribution in [0.3, 0.4) is 0 Å². The van der Waals surface area contributed by atoms with Crippen LogP contribution in [0.2, 0.25) is 0 Å². The number of aryl methyl sites for hydroxylation is 1. The normalized spacial score (nSPS) is 11.7. The summed E-state index contributed by atoms with van der Waals surface area (Å²) >= 11 is 0. The van der Waals surface area contributed by atoms with Crippen LogP contribution in [0.15, 0.2) is 39.9 Å². The largest absolute Gasteiger partial charge is 0.392 e. The predicted molar refractivity (Wildman–Crippen MR) is 72.3 cm³/mol. The van der Waals surface area contributed by atoms with Crippen LogP contribution >= 0.6 is 0 Å². The van der Waals surface area contributed by atoms with Crippen LogP contribution < -0.4 is 4.72 Å². The first-order valence-electron chi connectivity index (χ1n) is 6.18. The molecule has 6 nitrogen and oxygen atoms in total. The SMILES string of the molecule is CCc1ccc(S(=O)(=O)NCc2ccno2)cc1CO. The Morgan fingerprint density at radius 3 is 2.70 bits per heavy atom. The summed E-state index contributed by atoms with van der Waals surface area (Å²) in [5.74, 6) is 0.432. The molecule has 2 rings (SSSR count). The number of nitrogens with one attached hydrogen (secondary N) is 1. The van der Waals surface area contributed by atoms with E-state index in [9.17, 15) is 13.5 Å². The predicted octanol–water partition coefficient (Wildman–Crippen LogP) is 1.21. The van der Waals surface area contributed by atoms with Crippen LogP contribution in [0.25, 0.3) is 0 Å². The maximum absolute atomic E-state index is 12.1. The Bertz CT molecular complexity index is 666. The van der Waals surface area contributed by atoms with Crippen LogP contribution in [-0.2, 0) is 29.6 Å². The number of hydrogen-bond acceptors (Lipinski definition) is 5. The molecule has 0 spiro atoms. The third-order valence-corrected chi connectivity index (χ3v) is 4.37. The molecule has 1 heterocycles. The summed E-state index contributed by atoms with van der Waals surface area (Å²) in [5.41, 5.74) is 1.55. The fourth-order valence-corrected chi connectivity index (χ4v) is 2.89. The molecule has 0 bridgehead atoms. The van der Waals surface area contributed by atoms with E-state index >= 15 is 0 Å². The fourth-order valence-electron chi connectivity index (χ4n) is 1.84. The molecule has 0 unspecified atom stereocenters. The van der Waals surface area contributed by atoms with Crippen molar-refractivity contribution in [2.75, 3.05) is 0 Å². The Kier molecular flexibility index (Phi) is 4.53. The number of aromatic nitrogens is 1. The van der Waals surface area contributed by atoms with E-state index in [-0.39, 0.29) is 18.0 Å². The zero-order valence-electron chi connectivity index (χ0n) is 11.0. The molecule has 20 heavy (non-hydrogen) atoms. The number of hydrogen-bond donors (Lipinski definition) is 2. The number of aliphatic hydroxyl groups excluding tert-OH is 1. The Hall–Kier alpha value is -1.70. The Labute approximate surface area is 117 Å². The Balaban J connectivity index is 2.20. The van der Waals surface area contributed by atoms with Crippen LogP contribution in [0.5, 0.6) is 0 Å². The standard InChI is InChI=1S/C13H16N2O4S/c1-2-10-3-4-13(7-11(10)9-16)20(17,18)15-8-12-5-6-14-19-12/h3-7,15-16H,2,8-9H2,1H3. The average molecular weight is 296 g/mol. The summed E-state index contributed by atoms with van der Waals surface area (Å²) in [7, 11) is -3.64. The van der Waals surface area contributed by atoms with Gasteiger partial charge in [0.15, 0.2) is 5.76 Å². The molecule has 0 fully saturated rings. The maximum Gasteiger partial charge on any atom is 0.240 e. The average Bonchev–Trinajstić information content (AvgIpc) is 2.97. The molecule has 0 aliphatic carbocycles. The summed E-state index contributed by atoms with van der Waals surface area (Å²) in [5, 5.41) is 12.8. The molecule has 0 atom stereocenters. The number of sulfonamides is 1. The summed E-state index contributed by atoms with van der Waals surface area (Å²) in [6.07, 6.45) is 2.19. The van der Waals surface area contributed by atoms with Gasteiger partial charge in [0, 0.05) is 6.07 Å². The molecule has 0 radical (unpaired) electrons. The third-order valence-electron chi connectivity index (χ3n) is 2.97. The molecule has 1 aromatic carbocycles. The molecule has 0 saturated carbocycles. The first-order chi connectivity index (χ1) is 9.56. The monoisotopic (exact) mass is 296 g/mol. The van der Waals surface area contributed by atoms with E-state index < -0.39 is 10.0 Å². The van der Waals surface area contributed by atoms with Crippen molar-refractivity contribution in [1.82, 2.24) is 9.88 Å². The van der Waals surface area contributed by atoms with Gasteiger partial charge in [0.2, 0.25) is 10.0 Å². The molecule has 2 N–H and O–H groups in total. The van der Waals surface area contributed by atoms with Gasteiger partial charge in [-0.1, -0.05) is 18.1 Å². The molecule has 1 aromatic heterocycles. The van der Waals surface area contributed by atoms with Crippen LogP contribution in [0, 0.1) is 0 Å². The Morgan fingerprint density at radius 2 is 2.10 bits per heavy atom. The quantitative estimate of drug-likeness (QED) is 0.836. The highest BCUT2D eigenvalue weighted by Crippen LogP contribution is 2.17. The van der Waals surface area contributed by atoms with Gasteiger partial charge in [-0.25, -0.2) is 13.1 Å². The summed E-state index contributed by atoms with van der Waals surface area (Å²) in [6, 6.07) is 6.32. The molecule has 0 aliphatic rings. The number of aliphatic hydroxyl groups is 1. The third kappa shape index (κ3) is 3.24.